The number of hydrogen-bond donors (Lipinski definition) is 2. The van der Waals surface area contributed by atoms with Crippen LogP contribution in [0.15, 0.2) is 24.3 Å². The van der Waals surface area contributed by atoms with Crippen molar-refractivity contribution in [1.29, 1.82) is 0 Å². The van der Waals surface area contributed by atoms with E-state index < -0.39 is 5.97 Å². The first-order chi connectivity index (χ1) is 8.61. The van der Waals surface area contributed by atoms with E-state index in [0.717, 1.165) is 6.42 Å². The molecule has 1 aromatic rings. The van der Waals surface area contributed by atoms with Gasteiger partial charge in [-0.1, -0.05) is 19.1 Å². The zero-order chi connectivity index (χ0) is 13.4. The van der Waals surface area contributed by atoms with Crippen molar-refractivity contribution in [2.24, 2.45) is 0 Å². The fourth-order valence-corrected chi connectivity index (χ4v) is 1.34. The number of amides is 1. The maximum absolute atomic E-state index is 11.3. The predicted octanol–water partition coefficient (Wildman–Crippen LogP) is 1.22. The molecule has 5 heteroatoms. The maximum Gasteiger partial charge on any atom is 0.307 e. The Hall–Kier alpha value is -2.04. The Morgan fingerprint density at radius 2 is 1.94 bits per heavy atom. The van der Waals surface area contributed by atoms with Gasteiger partial charge in [-0.3, -0.25) is 9.59 Å². The minimum Gasteiger partial charge on any atom is -0.484 e. The molecule has 5 nitrogen and oxygen atoms in total. The number of aliphatic carboxylic acids is 1. The first-order valence-electron chi connectivity index (χ1n) is 5.82. The van der Waals surface area contributed by atoms with Crippen LogP contribution in [0.4, 0.5) is 0 Å². The molecule has 0 spiro atoms. The van der Waals surface area contributed by atoms with Crippen molar-refractivity contribution >= 4 is 11.9 Å². The summed E-state index contributed by atoms with van der Waals surface area (Å²) in [5, 5.41) is 11.3. The van der Waals surface area contributed by atoms with Gasteiger partial charge in [0.05, 0.1) is 6.42 Å². The van der Waals surface area contributed by atoms with Gasteiger partial charge in [-0.2, -0.15) is 0 Å². The Bertz CT molecular complexity index is 400. The Balaban J connectivity index is 2.39. The van der Waals surface area contributed by atoms with Gasteiger partial charge in [0.15, 0.2) is 6.61 Å². The molecule has 0 aliphatic rings. The van der Waals surface area contributed by atoms with E-state index in [0.29, 0.717) is 17.9 Å². The van der Waals surface area contributed by atoms with E-state index in [1.807, 2.05) is 6.92 Å². The largest absolute Gasteiger partial charge is 0.484 e. The molecule has 0 bridgehead atoms. The third kappa shape index (κ3) is 5.34. The summed E-state index contributed by atoms with van der Waals surface area (Å²) in [6.45, 7) is 2.58. The number of ether oxygens (including phenoxy) is 1. The van der Waals surface area contributed by atoms with Crippen molar-refractivity contribution in [3.63, 3.8) is 0 Å². The smallest absolute Gasteiger partial charge is 0.307 e. The van der Waals surface area contributed by atoms with Crippen molar-refractivity contribution in [1.82, 2.24) is 5.32 Å². The second-order valence-electron chi connectivity index (χ2n) is 3.85. The number of hydrogen-bond acceptors (Lipinski definition) is 3. The van der Waals surface area contributed by atoms with Crippen LogP contribution in [0.3, 0.4) is 0 Å². The van der Waals surface area contributed by atoms with Crippen LogP contribution >= 0.6 is 0 Å². The van der Waals surface area contributed by atoms with Crippen LogP contribution < -0.4 is 10.1 Å². The average Bonchev–Trinajstić information content (AvgIpc) is 2.35. The second kappa shape index (κ2) is 7.32. The molecule has 1 rings (SSSR count). The summed E-state index contributed by atoms with van der Waals surface area (Å²) < 4.78 is 5.27. The molecule has 2 N–H and O–H groups in total. The highest BCUT2D eigenvalue weighted by Crippen LogP contribution is 2.12. The van der Waals surface area contributed by atoms with E-state index in [-0.39, 0.29) is 18.9 Å². The van der Waals surface area contributed by atoms with Gasteiger partial charge in [0.25, 0.3) is 5.91 Å². The lowest BCUT2D eigenvalue weighted by molar-refractivity contribution is -0.136. The molecular weight excluding hydrogens is 234 g/mol. The molecule has 18 heavy (non-hydrogen) atoms. The van der Waals surface area contributed by atoms with Gasteiger partial charge >= 0.3 is 5.97 Å². The summed E-state index contributed by atoms with van der Waals surface area (Å²) in [5.74, 6) is -0.482. The molecule has 98 valence electrons. The molecular formula is C13H17NO4. The summed E-state index contributed by atoms with van der Waals surface area (Å²) in [6, 6.07) is 6.66. The van der Waals surface area contributed by atoms with Crippen LogP contribution in [-0.2, 0) is 16.0 Å². The standard InChI is InChI=1S/C13H17NO4/c1-2-7-14-12(15)9-18-11-5-3-10(4-6-11)8-13(16)17/h3-6H,2,7-9H2,1H3,(H,14,15)(H,16,17). The third-order valence-electron chi connectivity index (χ3n) is 2.22. The van der Waals surface area contributed by atoms with Gasteiger partial charge < -0.3 is 15.2 Å². The van der Waals surface area contributed by atoms with Crippen molar-refractivity contribution in [3.05, 3.63) is 29.8 Å². The number of carboxylic acids is 1. The van der Waals surface area contributed by atoms with Crippen LogP contribution in [0.1, 0.15) is 18.9 Å². The first kappa shape index (κ1) is 14.0. The number of nitrogens with one attached hydrogen (secondary N) is 1. The minimum absolute atomic E-state index is 0.0166. The Kier molecular flexibility index (Phi) is 5.70. The molecule has 0 aliphatic carbocycles. The van der Waals surface area contributed by atoms with E-state index >= 15 is 0 Å². The molecule has 1 aromatic carbocycles. The number of carbonyl (C=O) groups excluding carboxylic acids is 1. The first-order valence-corrected chi connectivity index (χ1v) is 5.82. The highest BCUT2D eigenvalue weighted by molar-refractivity contribution is 5.77. The van der Waals surface area contributed by atoms with Gasteiger partial charge in [-0.25, -0.2) is 0 Å². The zero-order valence-electron chi connectivity index (χ0n) is 10.3. The van der Waals surface area contributed by atoms with Gasteiger partial charge in [-0.15, -0.1) is 0 Å². The Morgan fingerprint density at radius 1 is 1.28 bits per heavy atom. The lowest BCUT2D eigenvalue weighted by Crippen LogP contribution is -2.29. The fraction of sp³-hybridized carbons (Fsp3) is 0.385. The van der Waals surface area contributed by atoms with E-state index in [2.05, 4.69) is 5.32 Å². The second-order valence-corrected chi connectivity index (χ2v) is 3.85. The number of benzene rings is 1. The van der Waals surface area contributed by atoms with Crippen LogP contribution in [-0.4, -0.2) is 30.1 Å². The molecule has 0 heterocycles. The number of rotatable bonds is 7. The minimum atomic E-state index is -0.873. The molecule has 0 saturated carbocycles. The van der Waals surface area contributed by atoms with E-state index in [1.54, 1.807) is 24.3 Å². The van der Waals surface area contributed by atoms with E-state index in [4.69, 9.17) is 9.84 Å². The quantitative estimate of drug-likeness (QED) is 0.764. The average molecular weight is 251 g/mol. The van der Waals surface area contributed by atoms with Gasteiger partial charge in [0.1, 0.15) is 5.75 Å². The lowest BCUT2D eigenvalue weighted by Gasteiger charge is -2.07. The third-order valence-corrected chi connectivity index (χ3v) is 2.22. The molecule has 0 fully saturated rings. The summed E-state index contributed by atoms with van der Waals surface area (Å²) in [6.07, 6.45) is 0.868. The summed E-state index contributed by atoms with van der Waals surface area (Å²) in [7, 11) is 0. The predicted molar refractivity (Wildman–Crippen MR) is 66.6 cm³/mol. The normalized spacial score (nSPS) is 9.83. The van der Waals surface area contributed by atoms with Crippen LogP contribution in [0, 0.1) is 0 Å². The Morgan fingerprint density at radius 3 is 2.50 bits per heavy atom. The van der Waals surface area contributed by atoms with Gasteiger partial charge in [-0.05, 0) is 24.1 Å². The lowest BCUT2D eigenvalue weighted by atomic mass is 10.1. The summed E-state index contributed by atoms with van der Waals surface area (Å²) in [5.41, 5.74) is 0.699. The number of carboxylic acid groups (broad SMARTS) is 1. The van der Waals surface area contributed by atoms with E-state index in [9.17, 15) is 9.59 Å². The van der Waals surface area contributed by atoms with Gasteiger partial charge in [0.2, 0.25) is 0 Å². The monoisotopic (exact) mass is 251 g/mol. The van der Waals surface area contributed by atoms with Crippen molar-refractivity contribution in [2.45, 2.75) is 19.8 Å². The van der Waals surface area contributed by atoms with Crippen molar-refractivity contribution in [3.8, 4) is 5.75 Å². The zero-order valence-corrected chi connectivity index (χ0v) is 10.3. The molecule has 0 aromatic heterocycles. The topological polar surface area (TPSA) is 75.6 Å². The molecule has 0 saturated heterocycles. The van der Waals surface area contributed by atoms with Crippen LogP contribution in [0.25, 0.3) is 0 Å². The SMILES string of the molecule is CCCNC(=O)COc1ccc(CC(=O)O)cc1. The molecule has 0 unspecified atom stereocenters. The molecule has 1 amide bonds. The summed E-state index contributed by atoms with van der Waals surface area (Å²) >= 11 is 0. The Labute approximate surface area is 106 Å². The molecule has 0 aliphatic heterocycles. The highest BCUT2D eigenvalue weighted by atomic mass is 16.5. The highest BCUT2D eigenvalue weighted by Gasteiger charge is 2.03. The van der Waals surface area contributed by atoms with Crippen molar-refractivity contribution < 1.29 is 19.4 Å². The summed E-state index contributed by atoms with van der Waals surface area (Å²) in [4.78, 5) is 21.8. The molecule has 0 atom stereocenters. The maximum atomic E-state index is 11.3. The van der Waals surface area contributed by atoms with Crippen LogP contribution in [0.5, 0.6) is 5.75 Å². The van der Waals surface area contributed by atoms with E-state index in [1.165, 1.54) is 0 Å². The van der Waals surface area contributed by atoms with Gasteiger partial charge in [0, 0.05) is 6.54 Å². The van der Waals surface area contributed by atoms with Crippen molar-refractivity contribution in [2.75, 3.05) is 13.2 Å². The van der Waals surface area contributed by atoms with Crippen LogP contribution in [0.2, 0.25) is 0 Å². The molecule has 0 radical (unpaired) electrons. The fourth-order valence-electron chi connectivity index (χ4n) is 1.34. The number of carbonyl (C=O) groups is 2.